The van der Waals surface area contributed by atoms with Crippen LogP contribution in [0.1, 0.15) is 30.6 Å². The van der Waals surface area contributed by atoms with Gasteiger partial charge in [0, 0.05) is 83.5 Å². The van der Waals surface area contributed by atoms with Crippen LogP contribution in [0.25, 0.3) is 141 Å². The summed E-state index contributed by atoms with van der Waals surface area (Å²) in [6, 6.07) is 88.3. The van der Waals surface area contributed by atoms with Crippen LogP contribution in [0.15, 0.2) is 255 Å². The van der Waals surface area contributed by atoms with Crippen molar-refractivity contribution in [1.29, 1.82) is 0 Å². The molecule has 8 aromatic heterocycles. The van der Waals surface area contributed by atoms with Crippen LogP contribution in [0.5, 0.6) is 0 Å². The van der Waals surface area contributed by atoms with Crippen molar-refractivity contribution in [2.75, 3.05) is 0 Å². The van der Waals surface area contributed by atoms with Gasteiger partial charge in [-0.25, -0.2) is 29.9 Å². The van der Waals surface area contributed by atoms with Gasteiger partial charge in [-0.1, -0.05) is 206 Å². The average Bonchev–Trinajstić information content (AvgIpc) is 1.76. The van der Waals surface area contributed by atoms with E-state index in [4.69, 9.17) is 29.9 Å². The molecule has 0 radical (unpaired) electrons. The van der Waals surface area contributed by atoms with Crippen molar-refractivity contribution in [3.63, 3.8) is 0 Å². The Morgan fingerprint density at radius 1 is 0.198 bits per heavy atom. The Kier molecular flexibility index (Phi) is 16.8. The van der Waals surface area contributed by atoms with E-state index in [0.717, 1.165) is 123 Å². The molecule has 0 unspecified atom stereocenters. The third-order valence-corrected chi connectivity index (χ3v) is 21.4. The molecule has 16 rings (SSSR count). The van der Waals surface area contributed by atoms with Crippen LogP contribution in [0.3, 0.4) is 0 Å². The molecule has 0 aliphatic rings. The minimum atomic E-state index is 0.910. The quantitative estimate of drug-likeness (QED) is 0.136. The lowest BCUT2D eigenvalue weighted by atomic mass is 10.0. The molecule has 8 heterocycles. The largest absolute Gasteiger partial charge is 0.244 e. The number of aromatic nitrogens is 6. The lowest BCUT2D eigenvalue weighted by Crippen LogP contribution is -1.98. The Bertz CT molecular complexity index is 4900. The topological polar surface area (TPSA) is 77.3 Å². The smallest absolute Gasteiger partial charge is 0.110 e. The number of benzene rings is 8. The van der Waals surface area contributed by atoms with Crippen molar-refractivity contribution < 1.29 is 0 Å². The molecule has 0 spiro atoms. The zero-order valence-electron chi connectivity index (χ0n) is 51.0. The molecule has 11 heteroatoms. The summed E-state index contributed by atoms with van der Waals surface area (Å²) in [6.45, 7) is 12.8. The van der Waals surface area contributed by atoms with Crippen molar-refractivity contribution in [2.45, 2.75) is 41.5 Å². The molecule has 0 amide bonds. The van der Waals surface area contributed by atoms with Gasteiger partial charge in [-0.05, 0) is 101 Å². The first-order chi connectivity index (χ1) is 44.6. The highest BCUT2D eigenvalue weighted by atomic mass is 32.1. The Hall–Kier alpha value is -9.72. The lowest BCUT2D eigenvalue weighted by molar-refractivity contribution is 1.25. The standard InChI is InChI=1S/C30H22N2S2.C28H20N2S3.C22H18N2/c1-19-13-17-25(33-19)23-15-16-24(26-18-14-20(2)34-26)30-29(23)31-27(21-9-5-3-6-10-21)28(32-30)22-11-7-4-8-12-22;1-17-13-15-21(31-17)27-25-26(28(33-27)22-16-14-18(2)32-22)30-24(20-11-7-4-8-12-20)23(29-25)19-9-5-3-6-10-19;1-15-13-14-16(2)20-19(15)23-21(17-9-5-3-6-10-17)22(24-20)18-11-7-4-8-12-18/h3-18H,1-2H3;3-16H,1-2H3;3-14H,1-2H3. The fourth-order valence-corrected chi connectivity index (χ4v) is 16.2. The van der Waals surface area contributed by atoms with Crippen LogP contribution in [0.4, 0.5) is 0 Å². The Morgan fingerprint density at radius 2 is 0.429 bits per heavy atom. The highest BCUT2D eigenvalue weighted by Crippen LogP contribution is 2.48. The summed E-state index contributed by atoms with van der Waals surface area (Å²) in [7, 11) is 0. The molecule has 0 saturated carbocycles. The van der Waals surface area contributed by atoms with Crippen LogP contribution < -0.4 is 0 Å². The predicted molar refractivity (Wildman–Crippen MR) is 391 cm³/mol. The van der Waals surface area contributed by atoms with Gasteiger partial charge in [-0.15, -0.1) is 56.7 Å². The highest BCUT2D eigenvalue weighted by molar-refractivity contribution is 7.28. The summed E-state index contributed by atoms with van der Waals surface area (Å²) in [5.41, 5.74) is 22.4. The number of hydrogen-bond donors (Lipinski definition) is 0. The van der Waals surface area contributed by atoms with Gasteiger partial charge in [0.25, 0.3) is 0 Å². The summed E-state index contributed by atoms with van der Waals surface area (Å²) >= 11 is 9.04. The molecule has 8 aromatic carbocycles. The monoisotopic (exact) mass is 1260 g/mol. The highest BCUT2D eigenvalue weighted by Gasteiger charge is 2.25. The molecule has 0 saturated heterocycles. The number of fused-ring (bicyclic) bond motifs is 3. The van der Waals surface area contributed by atoms with E-state index >= 15 is 0 Å². The van der Waals surface area contributed by atoms with Gasteiger partial charge in [-0.2, -0.15) is 0 Å². The van der Waals surface area contributed by atoms with Crippen LogP contribution in [0.2, 0.25) is 0 Å². The second kappa shape index (κ2) is 26.0. The predicted octanol–water partition coefficient (Wildman–Crippen LogP) is 23.7. The first-order valence-electron chi connectivity index (χ1n) is 30.2. The lowest BCUT2D eigenvalue weighted by Gasteiger charge is -2.14. The van der Waals surface area contributed by atoms with Gasteiger partial charge < -0.3 is 0 Å². The molecule has 0 fully saturated rings. The Labute approximate surface area is 550 Å². The molecule has 0 atom stereocenters. The van der Waals surface area contributed by atoms with Crippen LogP contribution in [0, 0.1) is 41.5 Å². The molecule has 16 aromatic rings. The maximum Gasteiger partial charge on any atom is 0.110 e. The fraction of sp³-hybridized carbons (Fsp3) is 0.0750. The number of hydrogen-bond acceptors (Lipinski definition) is 11. The summed E-state index contributed by atoms with van der Waals surface area (Å²) in [4.78, 5) is 43.9. The summed E-state index contributed by atoms with van der Waals surface area (Å²) in [5.74, 6) is 0. The zero-order chi connectivity index (χ0) is 62.0. The van der Waals surface area contributed by atoms with Gasteiger partial charge in [0.1, 0.15) is 11.0 Å². The molecular weight excluding hydrogens is 1210 g/mol. The second-order valence-electron chi connectivity index (χ2n) is 22.3. The van der Waals surface area contributed by atoms with E-state index in [1.54, 1.807) is 22.7 Å². The first kappa shape index (κ1) is 58.9. The van der Waals surface area contributed by atoms with E-state index in [9.17, 15) is 0 Å². The molecule has 440 valence electrons. The minimum absolute atomic E-state index is 0.910. The van der Waals surface area contributed by atoms with Gasteiger partial charge in [0.05, 0.1) is 66.0 Å². The van der Waals surface area contributed by atoms with Crippen molar-refractivity contribution in [1.82, 2.24) is 29.9 Å². The van der Waals surface area contributed by atoms with Crippen LogP contribution in [-0.4, -0.2) is 29.9 Å². The molecular formula is C80H60N6S5. The third kappa shape index (κ3) is 12.3. The van der Waals surface area contributed by atoms with E-state index in [-0.39, 0.29) is 0 Å². The molecule has 0 aliphatic carbocycles. The number of aryl methyl sites for hydroxylation is 6. The van der Waals surface area contributed by atoms with Crippen LogP contribution >= 0.6 is 56.7 Å². The van der Waals surface area contributed by atoms with Crippen molar-refractivity contribution in [3.8, 4) is 108 Å². The zero-order valence-corrected chi connectivity index (χ0v) is 55.1. The van der Waals surface area contributed by atoms with Gasteiger partial charge in [0.15, 0.2) is 0 Å². The van der Waals surface area contributed by atoms with Gasteiger partial charge in [-0.3, -0.25) is 0 Å². The normalized spacial score (nSPS) is 11.2. The van der Waals surface area contributed by atoms with Crippen molar-refractivity contribution >= 4 is 89.8 Å². The maximum atomic E-state index is 5.35. The van der Waals surface area contributed by atoms with Crippen molar-refractivity contribution in [2.24, 2.45) is 0 Å². The van der Waals surface area contributed by atoms with Crippen molar-refractivity contribution in [3.05, 3.63) is 285 Å². The SMILES string of the molecule is Cc1ccc(-c2ccc(-c3ccc(C)s3)c3nc(-c4ccccc4)c(-c4ccccc4)nc23)s1.Cc1ccc(-c2sc(-c3ccc(C)s3)c3nc(-c4ccccc4)c(-c4ccccc4)nc23)s1.Cc1ccc(C)c2nc(-c3ccccc3)c(-c3ccccc3)nc12. The maximum absolute atomic E-state index is 5.35. The average molecular weight is 1270 g/mol. The molecule has 0 aliphatic heterocycles. The number of nitrogens with zero attached hydrogens (tertiary/aromatic N) is 6. The van der Waals surface area contributed by atoms with Gasteiger partial charge in [0.2, 0.25) is 0 Å². The van der Waals surface area contributed by atoms with E-state index in [2.05, 4.69) is 236 Å². The summed E-state index contributed by atoms with van der Waals surface area (Å²) in [6.07, 6.45) is 0. The van der Waals surface area contributed by atoms with E-state index in [0.29, 0.717) is 0 Å². The van der Waals surface area contributed by atoms with E-state index < -0.39 is 0 Å². The molecule has 0 N–H and O–H groups in total. The fourth-order valence-electron chi connectivity index (χ4n) is 11.3. The molecule has 0 bridgehead atoms. The third-order valence-electron chi connectivity index (χ3n) is 15.8. The van der Waals surface area contributed by atoms with E-state index in [1.807, 2.05) is 94.7 Å². The number of thiophene rings is 5. The molecule has 6 nitrogen and oxygen atoms in total. The van der Waals surface area contributed by atoms with Crippen LogP contribution in [-0.2, 0) is 0 Å². The summed E-state index contributed by atoms with van der Waals surface area (Å²) in [5, 5.41) is 0. The minimum Gasteiger partial charge on any atom is -0.244 e. The molecule has 91 heavy (non-hydrogen) atoms. The van der Waals surface area contributed by atoms with Gasteiger partial charge >= 0.3 is 0 Å². The van der Waals surface area contributed by atoms with E-state index in [1.165, 1.54) is 48.8 Å². The number of rotatable bonds is 10. The first-order valence-corrected chi connectivity index (χ1v) is 34.2. The second-order valence-corrected chi connectivity index (χ2v) is 28.5. The Morgan fingerprint density at radius 3 is 0.670 bits per heavy atom. The Balaban J connectivity index is 0.000000121. The summed E-state index contributed by atoms with van der Waals surface area (Å²) < 4.78 is 0.